The van der Waals surface area contributed by atoms with E-state index >= 15 is 0 Å². The summed E-state index contributed by atoms with van der Waals surface area (Å²) in [5.74, 6) is -9.22. The number of halogens is 6. The largest absolute Gasteiger partial charge is 0.511 e. The van der Waals surface area contributed by atoms with Crippen LogP contribution in [0.4, 0.5) is 31.1 Å². The SMILES string of the molecule is CC(C)(C)[Si](C)(C)C(F)=CCOC1(C(F)(F)C(F)(F)F)COC(=O)O1. The van der Waals surface area contributed by atoms with Gasteiger partial charge in [0.2, 0.25) is 0 Å². The van der Waals surface area contributed by atoms with E-state index in [9.17, 15) is 31.1 Å². The van der Waals surface area contributed by atoms with Gasteiger partial charge in [-0.2, -0.15) is 22.0 Å². The van der Waals surface area contributed by atoms with Gasteiger partial charge in [0.15, 0.2) is 6.61 Å². The van der Waals surface area contributed by atoms with Crippen LogP contribution in [0.3, 0.4) is 0 Å². The first kappa shape index (κ1) is 21.8. The maximum Gasteiger partial charge on any atom is 0.511 e. The van der Waals surface area contributed by atoms with Crippen LogP contribution in [-0.2, 0) is 14.2 Å². The van der Waals surface area contributed by atoms with E-state index in [0.29, 0.717) is 0 Å². The van der Waals surface area contributed by atoms with E-state index < -0.39 is 55.8 Å². The monoisotopic (exact) mass is 394 g/mol. The van der Waals surface area contributed by atoms with Crippen LogP contribution in [0.25, 0.3) is 0 Å². The first-order valence-corrected chi connectivity index (χ1v) is 10.3. The van der Waals surface area contributed by atoms with Gasteiger partial charge in [-0.3, -0.25) is 0 Å². The number of hydrogen-bond acceptors (Lipinski definition) is 4. The minimum atomic E-state index is -6.05. The van der Waals surface area contributed by atoms with Crippen molar-refractivity contribution < 1.29 is 45.3 Å². The lowest BCUT2D eigenvalue weighted by molar-refractivity contribution is -0.391. The minimum Gasteiger partial charge on any atom is -0.427 e. The molecule has 25 heavy (non-hydrogen) atoms. The van der Waals surface area contributed by atoms with Crippen molar-refractivity contribution in [2.75, 3.05) is 13.2 Å². The topological polar surface area (TPSA) is 44.8 Å². The molecule has 146 valence electrons. The van der Waals surface area contributed by atoms with Gasteiger partial charge in [-0.15, -0.1) is 0 Å². The molecule has 1 heterocycles. The molecule has 0 aromatic heterocycles. The van der Waals surface area contributed by atoms with Gasteiger partial charge in [0, 0.05) is 0 Å². The molecule has 0 bridgehead atoms. The van der Waals surface area contributed by atoms with Crippen molar-refractivity contribution in [2.24, 2.45) is 0 Å². The molecule has 0 aliphatic carbocycles. The highest BCUT2D eigenvalue weighted by Gasteiger charge is 2.76. The number of alkyl halides is 5. The predicted molar refractivity (Wildman–Crippen MR) is 78.5 cm³/mol. The molecule has 0 aromatic carbocycles. The Morgan fingerprint density at radius 2 is 1.76 bits per heavy atom. The first-order valence-electron chi connectivity index (χ1n) is 7.28. The Bertz CT molecular complexity index is 553. The van der Waals surface area contributed by atoms with Crippen molar-refractivity contribution in [3.63, 3.8) is 0 Å². The lowest BCUT2D eigenvalue weighted by atomic mass is 10.1. The second-order valence-corrected chi connectivity index (χ2v) is 12.4. The Morgan fingerprint density at radius 1 is 1.24 bits per heavy atom. The summed E-state index contributed by atoms with van der Waals surface area (Å²) in [5.41, 5.74) is -0.629. The fourth-order valence-corrected chi connectivity index (χ4v) is 3.05. The molecule has 1 saturated heterocycles. The second kappa shape index (κ2) is 6.49. The molecule has 1 aliphatic heterocycles. The maximum atomic E-state index is 14.4. The molecular weight excluding hydrogens is 374 g/mol. The number of cyclic esters (lactones) is 2. The van der Waals surface area contributed by atoms with Crippen molar-refractivity contribution in [2.45, 2.75) is 56.8 Å². The van der Waals surface area contributed by atoms with E-state index in [-0.39, 0.29) is 0 Å². The Kier molecular flexibility index (Phi) is 5.66. The summed E-state index contributed by atoms with van der Waals surface area (Å²) in [6.07, 6.45) is -6.99. The molecule has 1 aliphatic rings. The molecule has 11 heteroatoms. The van der Waals surface area contributed by atoms with Gasteiger partial charge >= 0.3 is 24.0 Å². The molecular formula is C14H20F6O4Si. The third-order valence-electron chi connectivity index (χ3n) is 4.51. The molecule has 1 rings (SSSR count). The highest BCUT2D eigenvalue weighted by atomic mass is 28.3. The fraction of sp³-hybridized carbons (Fsp3) is 0.786. The van der Waals surface area contributed by atoms with E-state index in [2.05, 4.69) is 14.2 Å². The van der Waals surface area contributed by atoms with Crippen molar-refractivity contribution in [3.8, 4) is 0 Å². The summed E-state index contributed by atoms with van der Waals surface area (Å²) in [5, 5.41) is -0.426. The summed E-state index contributed by atoms with van der Waals surface area (Å²) < 4.78 is 92.2. The number of carbonyl (C=O) groups excluding carboxylic acids is 1. The number of hydrogen-bond donors (Lipinski definition) is 0. The Labute approximate surface area is 142 Å². The van der Waals surface area contributed by atoms with Gasteiger partial charge in [-0.05, 0) is 11.1 Å². The van der Waals surface area contributed by atoms with Crippen LogP contribution < -0.4 is 0 Å². The molecule has 0 saturated carbocycles. The van der Waals surface area contributed by atoms with Gasteiger partial charge in [0.05, 0.1) is 12.1 Å². The quantitative estimate of drug-likeness (QED) is 0.375. The Morgan fingerprint density at radius 3 is 2.12 bits per heavy atom. The third-order valence-corrected chi connectivity index (χ3v) is 9.66. The molecule has 4 nitrogen and oxygen atoms in total. The van der Waals surface area contributed by atoms with E-state index in [1.165, 1.54) is 0 Å². The third kappa shape index (κ3) is 3.96. The summed E-state index contributed by atoms with van der Waals surface area (Å²) in [7, 11) is -2.64. The molecule has 1 unspecified atom stereocenters. The van der Waals surface area contributed by atoms with Gasteiger partial charge in [0.25, 0.3) is 0 Å². The summed E-state index contributed by atoms with van der Waals surface area (Å²) in [6, 6.07) is 0. The lowest BCUT2D eigenvalue weighted by Crippen LogP contribution is -2.60. The van der Waals surface area contributed by atoms with Crippen LogP contribution in [0.1, 0.15) is 20.8 Å². The van der Waals surface area contributed by atoms with E-state index in [0.717, 1.165) is 6.08 Å². The summed E-state index contributed by atoms with van der Waals surface area (Å²) >= 11 is 0. The normalized spacial score (nSPS) is 23.5. The van der Waals surface area contributed by atoms with Gasteiger partial charge in [0.1, 0.15) is 8.07 Å². The van der Waals surface area contributed by atoms with Crippen LogP contribution in [-0.4, -0.2) is 45.3 Å². The van der Waals surface area contributed by atoms with Crippen LogP contribution in [0.15, 0.2) is 11.5 Å². The Balaban J connectivity index is 3.04. The summed E-state index contributed by atoms with van der Waals surface area (Å²) in [6.45, 7) is 6.32. The molecule has 0 spiro atoms. The smallest absolute Gasteiger partial charge is 0.427 e. The van der Waals surface area contributed by atoms with E-state index in [1.54, 1.807) is 33.9 Å². The van der Waals surface area contributed by atoms with Crippen LogP contribution in [0.5, 0.6) is 0 Å². The van der Waals surface area contributed by atoms with Crippen molar-refractivity contribution in [3.05, 3.63) is 11.5 Å². The minimum absolute atomic E-state index is 0.426. The van der Waals surface area contributed by atoms with E-state index in [1.807, 2.05) is 0 Å². The highest BCUT2D eigenvalue weighted by Crippen LogP contribution is 2.48. The standard InChI is InChI=1S/C14H20F6O4Si/c1-11(2,3)25(4,5)9(15)6-7-23-12(8-22-10(21)24-12)13(16,17)14(18,19)20/h6H,7-8H2,1-5H3. The van der Waals surface area contributed by atoms with Gasteiger partial charge < -0.3 is 14.2 Å². The summed E-state index contributed by atoms with van der Waals surface area (Å²) in [4.78, 5) is 10.9. The molecule has 1 fully saturated rings. The zero-order valence-electron chi connectivity index (χ0n) is 14.4. The number of rotatable bonds is 5. The van der Waals surface area contributed by atoms with Crippen molar-refractivity contribution >= 4 is 14.2 Å². The van der Waals surface area contributed by atoms with E-state index in [4.69, 9.17) is 0 Å². The molecule has 0 N–H and O–H groups in total. The predicted octanol–water partition coefficient (Wildman–Crippen LogP) is 4.96. The Hall–Kier alpha value is -1.23. The maximum absolute atomic E-state index is 14.4. The highest BCUT2D eigenvalue weighted by molar-refractivity contribution is 6.86. The average molecular weight is 394 g/mol. The van der Waals surface area contributed by atoms with Gasteiger partial charge in [-0.25, -0.2) is 9.18 Å². The lowest BCUT2D eigenvalue weighted by Gasteiger charge is -2.36. The number of carbonyl (C=O) groups is 1. The molecule has 0 aromatic rings. The van der Waals surface area contributed by atoms with Crippen molar-refractivity contribution in [1.82, 2.24) is 0 Å². The average Bonchev–Trinajstić information content (AvgIpc) is 2.79. The first-order chi connectivity index (χ1) is 11.0. The van der Waals surface area contributed by atoms with Crippen LogP contribution in [0, 0.1) is 0 Å². The van der Waals surface area contributed by atoms with Crippen molar-refractivity contribution in [1.29, 1.82) is 0 Å². The van der Waals surface area contributed by atoms with Crippen LogP contribution >= 0.6 is 0 Å². The molecule has 1 atom stereocenters. The zero-order chi connectivity index (χ0) is 19.9. The van der Waals surface area contributed by atoms with Gasteiger partial charge in [-0.1, -0.05) is 33.9 Å². The zero-order valence-corrected chi connectivity index (χ0v) is 15.4. The molecule has 0 radical (unpaired) electrons. The molecule has 0 amide bonds. The number of ether oxygens (including phenoxy) is 3. The fourth-order valence-electron chi connectivity index (χ4n) is 1.74. The van der Waals surface area contributed by atoms with Crippen LogP contribution in [0.2, 0.25) is 18.1 Å². The second-order valence-electron chi connectivity index (χ2n) is 7.20.